The molecule has 1 rings (SSSR count). The minimum Gasteiger partial charge on any atom is -0.341 e. The molecule has 19 heavy (non-hydrogen) atoms. The van der Waals surface area contributed by atoms with Gasteiger partial charge in [-0.05, 0) is 38.8 Å². The smallest absolute Gasteiger partial charge is 0.239 e. The van der Waals surface area contributed by atoms with Gasteiger partial charge >= 0.3 is 0 Å². The molecule has 0 saturated carbocycles. The lowest BCUT2D eigenvalue weighted by Gasteiger charge is -2.32. The Kier molecular flexibility index (Phi) is 7.39. The van der Waals surface area contributed by atoms with Crippen LogP contribution in [-0.2, 0) is 4.79 Å². The van der Waals surface area contributed by atoms with Crippen molar-refractivity contribution in [2.45, 2.75) is 46.6 Å². The Morgan fingerprint density at radius 2 is 1.89 bits per heavy atom. The van der Waals surface area contributed by atoms with E-state index < -0.39 is 0 Å². The highest BCUT2D eigenvalue weighted by Gasteiger charge is 2.23. The predicted octanol–water partition coefficient (Wildman–Crippen LogP) is 1.56. The van der Waals surface area contributed by atoms with E-state index in [0.29, 0.717) is 0 Å². The van der Waals surface area contributed by atoms with Crippen LogP contribution >= 0.6 is 0 Å². The van der Waals surface area contributed by atoms with Gasteiger partial charge in [0.05, 0.1) is 6.04 Å². The third kappa shape index (κ3) is 5.49. The maximum Gasteiger partial charge on any atom is 0.239 e. The zero-order valence-corrected chi connectivity index (χ0v) is 13.1. The van der Waals surface area contributed by atoms with Gasteiger partial charge in [-0.1, -0.05) is 20.8 Å². The number of piperidine rings is 1. The number of carbonyl (C=O) groups is 1. The van der Waals surface area contributed by atoms with Crippen molar-refractivity contribution in [3.05, 3.63) is 0 Å². The molecule has 112 valence electrons. The number of likely N-dealkylation sites (tertiary alicyclic amines) is 1. The van der Waals surface area contributed by atoms with E-state index in [1.54, 1.807) is 0 Å². The normalized spacial score (nSPS) is 18.9. The van der Waals surface area contributed by atoms with Crippen LogP contribution in [0.1, 0.15) is 40.5 Å². The lowest BCUT2D eigenvalue weighted by Crippen LogP contribution is -2.49. The van der Waals surface area contributed by atoms with E-state index in [1.807, 2.05) is 11.8 Å². The number of rotatable bonds is 7. The highest BCUT2D eigenvalue weighted by atomic mass is 16.2. The van der Waals surface area contributed by atoms with E-state index in [9.17, 15) is 4.79 Å². The van der Waals surface area contributed by atoms with Gasteiger partial charge in [-0.3, -0.25) is 4.79 Å². The number of nitrogens with zero attached hydrogens (tertiary/aromatic N) is 2. The lowest BCUT2D eigenvalue weighted by atomic mass is 9.99. The van der Waals surface area contributed by atoms with Crippen LogP contribution in [0.25, 0.3) is 0 Å². The third-order valence-electron chi connectivity index (χ3n) is 4.24. The van der Waals surface area contributed by atoms with Gasteiger partial charge in [0.15, 0.2) is 0 Å². The van der Waals surface area contributed by atoms with Crippen LogP contribution in [0.15, 0.2) is 0 Å². The molecule has 1 atom stereocenters. The summed E-state index contributed by atoms with van der Waals surface area (Å²) in [6, 6.07) is -0.0519. The molecule has 0 aromatic carbocycles. The highest BCUT2D eigenvalue weighted by molar-refractivity contribution is 5.81. The molecular formula is C15H31N3O. The van der Waals surface area contributed by atoms with Crippen molar-refractivity contribution in [3.8, 4) is 0 Å². The summed E-state index contributed by atoms with van der Waals surface area (Å²) in [5.74, 6) is 1.04. The van der Waals surface area contributed by atoms with Crippen LogP contribution in [0.3, 0.4) is 0 Å². The maximum atomic E-state index is 12.3. The Morgan fingerprint density at radius 1 is 1.32 bits per heavy atom. The summed E-state index contributed by atoms with van der Waals surface area (Å²) >= 11 is 0. The van der Waals surface area contributed by atoms with Gasteiger partial charge in [0.1, 0.15) is 0 Å². The first-order valence-electron chi connectivity index (χ1n) is 7.83. The molecule has 0 aliphatic carbocycles. The van der Waals surface area contributed by atoms with E-state index in [4.69, 9.17) is 0 Å². The molecule has 0 aromatic rings. The van der Waals surface area contributed by atoms with E-state index in [-0.39, 0.29) is 11.9 Å². The van der Waals surface area contributed by atoms with Crippen molar-refractivity contribution < 1.29 is 4.79 Å². The molecule has 1 amide bonds. The minimum absolute atomic E-state index is 0.0519. The molecule has 1 aliphatic heterocycles. The first-order valence-corrected chi connectivity index (χ1v) is 7.83. The average Bonchev–Trinajstić information content (AvgIpc) is 2.43. The molecule has 4 nitrogen and oxygen atoms in total. The fraction of sp³-hybridized carbons (Fsp3) is 0.933. The second-order valence-corrected chi connectivity index (χ2v) is 5.71. The van der Waals surface area contributed by atoms with Crippen molar-refractivity contribution in [2.24, 2.45) is 5.92 Å². The van der Waals surface area contributed by atoms with Crippen molar-refractivity contribution in [2.75, 3.05) is 39.3 Å². The molecule has 1 aliphatic rings. The Balaban J connectivity index is 2.25. The van der Waals surface area contributed by atoms with Crippen LogP contribution in [0.2, 0.25) is 0 Å². The highest BCUT2D eigenvalue weighted by Crippen LogP contribution is 2.16. The second kappa shape index (κ2) is 8.54. The van der Waals surface area contributed by atoms with Gasteiger partial charge in [-0.2, -0.15) is 0 Å². The van der Waals surface area contributed by atoms with Gasteiger partial charge in [-0.25, -0.2) is 0 Å². The fourth-order valence-electron chi connectivity index (χ4n) is 2.57. The summed E-state index contributed by atoms with van der Waals surface area (Å²) in [5, 5.41) is 3.36. The summed E-state index contributed by atoms with van der Waals surface area (Å²) in [6.07, 6.45) is 2.30. The first-order chi connectivity index (χ1) is 9.08. The topological polar surface area (TPSA) is 35.6 Å². The standard InChI is InChI=1S/C15H31N3O/c1-5-17(6-2)12-9-16-14(4)15(19)18-10-7-13(3)8-11-18/h13-14,16H,5-12H2,1-4H3. The number of likely N-dealkylation sites (N-methyl/N-ethyl adjacent to an activating group) is 1. The minimum atomic E-state index is -0.0519. The molecule has 1 saturated heterocycles. The zero-order chi connectivity index (χ0) is 14.3. The van der Waals surface area contributed by atoms with Gasteiger partial charge < -0.3 is 15.1 Å². The summed E-state index contributed by atoms with van der Waals surface area (Å²) in [5.41, 5.74) is 0. The molecule has 1 unspecified atom stereocenters. The number of carbonyl (C=O) groups excluding carboxylic acids is 1. The van der Waals surface area contributed by atoms with Gasteiger partial charge in [0, 0.05) is 26.2 Å². The van der Waals surface area contributed by atoms with Crippen molar-refractivity contribution >= 4 is 5.91 Å². The van der Waals surface area contributed by atoms with Crippen LogP contribution in [0.4, 0.5) is 0 Å². The SMILES string of the molecule is CCN(CC)CCNC(C)C(=O)N1CCC(C)CC1. The van der Waals surface area contributed by atoms with Crippen molar-refractivity contribution in [3.63, 3.8) is 0 Å². The monoisotopic (exact) mass is 269 g/mol. The van der Waals surface area contributed by atoms with E-state index in [0.717, 1.165) is 58.0 Å². The van der Waals surface area contributed by atoms with Crippen LogP contribution in [0.5, 0.6) is 0 Å². The number of hydrogen-bond acceptors (Lipinski definition) is 3. The van der Waals surface area contributed by atoms with Crippen LogP contribution < -0.4 is 5.32 Å². The van der Waals surface area contributed by atoms with E-state index >= 15 is 0 Å². The largest absolute Gasteiger partial charge is 0.341 e. The summed E-state index contributed by atoms with van der Waals surface area (Å²) in [7, 11) is 0. The maximum absolute atomic E-state index is 12.3. The average molecular weight is 269 g/mol. The van der Waals surface area contributed by atoms with Crippen molar-refractivity contribution in [1.82, 2.24) is 15.1 Å². The Hall–Kier alpha value is -0.610. The summed E-state index contributed by atoms with van der Waals surface area (Å²) in [6.45, 7) is 14.5. The van der Waals surface area contributed by atoms with Crippen LogP contribution in [0, 0.1) is 5.92 Å². The van der Waals surface area contributed by atoms with Gasteiger partial charge in [0.25, 0.3) is 0 Å². The predicted molar refractivity (Wildman–Crippen MR) is 80.2 cm³/mol. The Bertz CT molecular complexity index is 258. The zero-order valence-electron chi connectivity index (χ0n) is 13.1. The fourth-order valence-corrected chi connectivity index (χ4v) is 2.57. The van der Waals surface area contributed by atoms with E-state index in [1.165, 1.54) is 0 Å². The summed E-state index contributed by atoms with van der Waals surface area (Å²) < 4.78 is 0. The molecular weight excluding hydrogens is 238 g/mol. The molecule has 0 bridgehead atoms. The molecule has 4 heteroatoms. The summed E-state index contributed by atoms with van der Waals surface area (Å²) in [4.78, 5) is 16.7. The molecule has 0 aromatic heterocycles. The first kappa shape index (κ1) is 16.4. The Labute approximate surface area is 118 Å². The quantitative estimate of drug-likeness (QED) is 0.762. The van der Waals surface area contributed by atoms with Crippen molar-refractivity contribution in [1.29, 1.82) is 0 Å². The number of amides is 1. The lowest BCUT2D eigenvalue weighted by molar-refractivity contribution is -0.134. The van der Waals surface area contributed by atoms with Gasteiger partial charge in [-0.15, -0.1) is 0 Å². The van der Waals surface area contributed by atoms with Gasteiger partial charge in [0.2, 0.25) is 5.91 Å². The molecule has 1 N–H and O–H groups in total. The molecule has 1 fully saturated rings. The third-order valence-corrected chi connectivity index (χ3v) is 4.24. The van der Waals surface area contributed by atoms with E-state index in [2.05, 4.69) is 31.0 Å². The Morgan fingerprint density at radius 3 is 2.42 bits per heavy atom. The second-order valence-electron chi connectivity index (χ2n) is 5.71. The number of nitrogens with one attached hydrogen (secondary N) is 1. The molecule has 0 spiro atoms. The number of hydrogen-bond donors (Lipinski definition) is 1. The van der Waals surface area contributed by atoms with Crippen LogP contribution in [-0.4, -0.2) is 61.0 Å². The molecule has 0 radical (unpaired) electrons. The molecule has 1 heterocycles.